The molecule has 3 heterocycles. The highest BCUT2D eigenvalue weighted by Gasteiger charge is 2.18. The summed E-state index contributed by atoms with van der Waals surface area (Å²) in [5.74, 6) is -0.143. The molecule has 0 aliphatic carbocycles. The molecule has 1 aliphatic heterocycles. The number of aryl methyl sites for hydroxylation is 2. The minimum absolute atomic E-state index is 0.141. The van der Waals surface area contributed by atoms with Crippen LogP contribution in [-0.4, -0.2) is 55.0 Å². The maximum Gasteiger partial charge on any atom is 0.348 e. The molecular weight excluding hydrogens is 350 g/mol. The fraction of sp³-hybridized carbons (Fsp3) is 0.421. The van der Waals surface area contributed by atoms with Gasteiger partial charge in [0.1, 0.15) is 4.88 Å². The SMILES string of the molecule is COC(=O)c1ccc(CCc2ccc(N3CCN(C(C)=O)CC3)cn2)s1. The molecule has 0 N–H and O–H groups in total. The minimum Gasteiger partial charge on any atom is -0.465 e. The number of methoxy groups -OCH3 is 1. The van der Waals surface area contributed by atoms with Crippen molar-refractivity contribution < 1.29 is 14.3 Å². The lowest BCUT2D eigenvalue weighted by Crippen LogP contribution is -2.48. The Morgan fingerprint density at radius 2 is 1.88 bits per heavy atom. The Hall–Kier alpha value is -2.41. The van der Waals surface area contributed by atoms with Gasteiger partial charge >= 0.3 is 5.97 Å². The molecule has 0 atom stereocenters. The Kier molecular flexibility index (Phi) is 5.88. The van der Waals surface area contributed by atoms with E-state index in [1.165, 1.54) is 18.4 Å². The highest BCUT2D eigenvalue weighted by atomic mass is 32.1. The standard InChI is InChI=1S/C19H23N3O3S/c1-14(23)21-9-11-22(12-10-21)16-5-3-15(20-13-16)4-6-17-7-8-18(26-17)19(24)25-2/h3,5,7-8,13H,4,6,9-12H2,1-2H3. The molecule has 0 bridgehead atoms. The number of ether oxygens (including phenoxy) is 1. The van der Waals surface area contributed by atoms with E-state index in [2.05, 4.69) is 22.0 Å². The second-order valence-corrected chi connectivity index (χ2v) is 7.43. The van der Waals surface area contributed by atoms with Gasteiger partial charge in [-0.15, -0.1) is 11.3 Å². The molecule has 138 valence electrons. The predicted molar refractivity (Wildman–Crippen MR) is 102 cm³/mol. The lowest BCUT2D eigenvalue weighted by atomic mass is 10.2. The quantitative estimate of drug-likeness (QED) is 0.753. The number of aromatic nitrogens is 1. The van der Waals surface area contributed by atoms with Gasteiger partial charge in [-0.2, -0.15) is 0 Å². The number of pyridine rings is 1. The molecule has 2 aromatic heterocycles. The van der Waals surface area contributed by atoms with Crippen molar-refractivity contribution in [3.8, 4) is 0 Å². The fourth-order valence-electron chi connectivity index (χ4n) is 3.01. The molecule has 1 amide bonds. The molecule has 7 heteroatoms. The molecule has 1 aliphatic rings. The monoisotopic (exact) mass is 373 g/mol. The summed E-state index contributed by atoms with van der Waals surface area (Å²) in [4.78, 5) is 33.4. The second kappa shape index (κ2) is 8.31. The highest BCUT2D eigenvalue weighted by Crippen LogP contribution is 2.20. The molecule has 0 aromatic carbocycles. The first kappa shape index (κ1) is 18.4. The number of rotatable bonds is 5. The number of amides is 1. The van der Waals surface area contributed by atoms with Crippen LogP contribution in [0.4, 0.5) is 5.69 Å². The maximum atomic E-state index is 11.5. The zero-order valence-corrected chi connectivity index (χ0v) is 15.9. The molecule has 0 saturated carbocycles. The number of hydrogen-bond donors (Lipinski definition) is 0. The van der Waals surface area contributed by atoms with Gasteiger partial charge in [0.2, 0.25) is 5.91 Å². The van der Waals surface area contributed by atoms with Crippen molar-refractivity contribution in [1.82, 2.24) is 9.88 Å². The normalized spacial score (nSPS) is 14.4. The first-order valence-corrected chi connectivity index (χ1v) is 9.51. The number of thiophene rings is 1. The minimum atomic E-state index is -0.284. The van der Waals surface area contributed by atoms with Crippen LogP contribution in [-0.2, 0) is 22.4 Å². The smallest absolute Gasteiger partial charge is 0.348 e. The van der Waals surface area contributed by atoms with Gasteiger partial charge in [-0.3, -0.25) is 9.78 Å². The Morgan fingerprint density at radius 3 is 2.50 bits per heavy atom. The molecule has 2 aromatic rings. The van der Waals surface area contributed by atoms with Crippen molar-refractivity contribution in [2.45, 2.75) is 19.8 Å². The van der Waals surface area contributed by atoms with Crippen LogP contribution >= 0.6 is 11.3 Å². The molecule has 1 fully saturated rings. The van der Waals surface area contributed by atoms with E-state index in [-0.39, 0.29) is 11.9 Å². The van der Waals surface area contributed by atoms with Crippen LogP contribution in [0.25, 0.3) is 0 Å². The molecule has 6 nitrogen and oxygen atoms in total. The van der Waals surface area contributed by atoms with E-state index in [4.69, 9.17) is 4.74 Å². The summed E-state index contributed by atoms with van der Waals surface area (Å²) in [5, 5.41) is 0. The van der Waals surface area contributed by atoms with Crippen molar-refractivity contribution in [1.29, 1.82) is 0 Å². The second-order valence-electron chi connectivity index (χ2n) is 6.26. The van der Waals surface area contributed by atoms with E-state index in [1.807, 2.05) is 23.2 Å². The molecule has 0 radical (unpaired) electrons. The van der Waals surface area contributed by atoms with Crippen molar-refractivity contribution in [2.24, 2.45) is 0 Å². The third-order valence-corrected chi connectivity index (χ3v) is 5.70. The molecule has 1 saturated heterocycles. The van der Waals surface area contributed by atoms with Crippen molar-refractivity contribution >= 4 is 28.9 Å². The van der Waals surface area contributed by atoms with Crippen molar-refractivity contribution in [3.05, 3.63) is 45.9 Å². The Morgan fingerprint density at radius 1 is 1.12 bits per heavy atom. The van der Waals surface area contributed by atoms with Gasteiger partial charge < -0.3 is 14.5 Å². The molecule has 0 spiro atoms. The molecule has 0 unspecified atom stereocenters. The summed E-state index contributed by atoms with van der Waals surface area (Å²) in [7, 11) is 1.40. The van der Waals surface area contributed by atoms with E-state index in [9.17, 15) is 9.59 Å². The lowest BCUT2D eigenvalue weighted by Gasteiger charge is -2.35. The van der Waals surface area contributed by atoms with Crippen LogP contribution in [0.2, 0.25) is 0 Å². The highest BCUT2D eigenvalue weighted by molar-refractivity contribution is 7.13. The van der Waals surface area contributed by atoms with Gasteiger partial charge in [0.05, 0.1) is 19.0 Å². The number of piperazine rings is 1. The summed E-state index contributed by atoms with van der Waals surface area (Å²) >= 11 is 1.47. The van der Waals surface area contributed by atoms with E-state index in [0.29, 0.717) is 4.88 Å². The van der Waals surface area contributed by atoms with Gasteiger partial charge in [-0.05, 0) is 37.1 Å². The van der Waals surface area contributed by atoms with Crippen LogP contribution in [0, 0.1) is 0 Å². The van der Waals surface area contributed by atoms with E-state index in [1.54, 1.807) is 6.92 Å². The first-order valence-electron chi connectivity index (χ1n) is 8.69. The summed E-state index contributed by atoms with van der Waals surface area (Å²) < 4.78 is 4.74. The number of carbonyl (C=O) groups is 2. The molecular formula is C19H23N3O3S. The van der Waals surface area contributed by atoms with Crippen LogP contribution in [0.3, 0.4) is 0 Å². The van der Waals surface area contributed by atoms with Crippen LogP contribution in [0.5, 0.6) is 0 Å². The van der Waals surface area contributed by atoms with Crippen molar-refractivity contribution in [2.75, 3.05) is 38.2 Å². The van der Waals surface area contributed by atoms with Gasteiger partial charge in [0.25, 0.3) is 0 Å². The maximum absolute atomic E-state index is 11.5. The van der Waals surface area contributed by atoms with Crippen LogP contribution < -0.4 is 4.90 Å². The van der Waals surface area contributed by atoms with Crippen LogP contribution in [0.15, 0.2) is 30.5 Å². The van der Waals surface area contributed by atoms with E-state index in [0.717, 1.165) is 55.3 Å². The number of carbonyl (C=O) groups excluding carboxylic acids is 2. The largest absolute Gasteiger partial charge is 0.465 e. The van der Waals surface area contributed by atoms with E-state index < -0.39 is 0 Å². The summed E-state index contributed by atoms with van der Waals surface area (Å²) in [6.07, 6.45) is 3.60. The molecule has 3 rings (SSSR count). The number of esters is 1. The van der Waals surface area contributed by atoms with Gasteiger partial charge in [0.15, 0.2) is 0 Å². The topological polar surface area (TPSA) is 62.7 Å². The summed E-state index contributed by atoms with van der Waals surface area (Å²) in [6, 6.07) is 7.93. The Labute approximate surface area is 157 Å². The number of nitrogens with zero attached hydrogens (tertiary/aromatic N) is 3. The molecule has 26 heavy (non-hydrogen) atoms. The first-order chi connectivity index (χ1) is 12.6. The average molecular weight is 373 g/mol. The zero-order valence-electron chi connectivity index (χ0n) is 15.1. The Bertz CT molecular complexity index is 765. The lowest BCUT2D eigenvalue weighted by molar-refractivity contribution is -0.129. The number of anilines is 1. The van der Waals surface area contributed by atoms with Gasteiger partial charge in [-0.1, -0.05) is 0 Å². The third kappa shape index (κ3) is 4.40. The Balaban J connectivity index is 1.52. The summed E-state index contributed by atoms with van der Waals surface area (Å²) in [5.41, 5.74) is 2.13. The van der Waals surface area contributed by atoms with E-state index >= 15 is 0 Å². The number of hydrogen-bond acceptors (Lipinski definition) is 6. The predicted octanol–water partition coefficient (Wildman–Crippen LogP) is 2.38. The van der Waals surface area contributed by atoms with Gasteiger partial charge in [0, 0.05) is 43.7 Å². The van der Waals surface area contributed by atoms with Gasteiger partial charge in [-0.25, -0.2) is 4.79 Å². The fourth-order valence-corrected chi connectivity index (χ4v) is 3.93. The average Bonchev–Trinajstić information content (AvgIpc) is 3.15. The third-order valence-electron chi connectivity index (χ3n) is 4.58. The van der Waals surface area contributed by atoms with Crippen LogP contribution in [0.1, 0.15) is 27.2 Å². The zero-order chi connectivity index (χ0) is 18.5. The van der Waals surface area contributed by atoms with Crippen molar-refractivity contribution in [3.63, 3.8) is 0 Å². The summed E-state index contributed by atoms with van der Waals surface area (Å²) in [6.45, 7) is 4.82.